The molecule has 14 heavy (non-hydrogen) atoms. The minimum Gasteiger partial charge on any atom is -0.399 e. The van der Waals surface area contributed by atoms with Crippen molar-refractivity contribution >= 4 is 11.4 Å². The van der Waals surface area contributed by atoms with Crippen LogP contribution in [-0.2, 0) is 0 Å². The lowest BCUT2D eigenvalue weighted by atomic mass is 10.0. The summed E-state index contributed by atoms with van der Waals surface area (Å²) >= 11 is 0. The molecule has 2 nitrogen and oxygen atoms in total. The average molecular weight is 188 g/mol. The smallest absolute Gasteiger partial charge is 0.0343 e. The molecule has 0 spiro atoms. The van der Waals surface area contributed by atoms with Gasteiger partial charge in [-0.3, -0.25) is 0 Å². The summed E-state index contributed by atoms with van der Waals surface area (Å²) < 4.78 is 0. The normalized spacial score (nSPS) is 20.7. The van der Waals surface area contributed by atoms with Gasteiger partial charge in [-0.25, -0.2) is 0 Å². The number of rotatable bonds is 2. The Bertz CT molecular complexity index is 314. The molecule has 0 aromatic heterocycles. The molecular formula is C12H16N2. The van der Waals surface area contributed by atoms with E-state index in [2.05, 4.69) is 17.5 Å². The van der Waals surface area contributed by atoms with E-state index in [-0.39, 0.29) is 0 Å². The van der Waals surface area contributed by atoms with Crippen LogP contribution in [0.5, 0.6) is 0 Å². The van der Waals surface area contributed by atoms with Gasteiger partial charge in [0.15, 0.2) is 0 Å². The van der Waals surface area contributed by atoms with E-state index in [4.69, 9.17) is 5.73 Å². The van der Waals surface area contributed by atoms with E-state index in [0.717, 1.165) is 12.1 Å². The van der Waals surface area contributed by atoms with E-state index >= 15 is 0 Å². The predicted octanol–water partition coefficient (Wildman–Crippen LogP) is 2.79. The van der Waals surface area contributed by atoms with Crippen LogP contribution < -0.4 is 11.1 Å². The van der Waals surface area contributed by atoms with E-state index < -0.39 is 0 Å². The molecule has 0 saturated heterocycles. The van der Waals surface area contributed by atoms with Crippen molar-refractivity contribution in [1.82, 2.24) is 0 Å². The van der Waals surface area contributed by atoms with Crippen LogP contribution in [0.1, 0.15) is 19.3 Å². The monoisotopic (exact) mass is 188 g/mol. The maximum absolute atomic E-state index is 5.62. The van der Waals surface area contributed by atoms with Gasteiger partial charge < -0.3 is 11.1 Å². The molecule has 74 valence electrons. The van der Waals surface area contributed by atoms with Crippen LogP contribution in [0, 0.1) is 0 Å². The summed E-state index contributed by atoms with van der Waals surface area (Å²) in [6.45, 7) is 0. The van der Waals surface area contributed by atoms with E-state index in [9.17, 15) is 0 Å². The van der Waals surface area contributed by atoms with Gasteiger partial charge in [0, 0.05) is 17.4 Å². The Morgan fingerprint density at radius 3 is 2.57 bits per heavy atom. The Balaban J connectivity index is 1.96. The number of hydrogen-bond acceptors (Lipinski definition) is 2. The molecule has 1 aromatic carbocycles. The van der Waals surface area contributed by atoms with Gasteiger partial charge >= 0.3 is 0 Å². The largest absolute Gasteiger partial charge is 0.399 e. The van der Waals surface area contributed by atoms with Gasteiger partial charge in [-0.05, 0) is 43.5 Å². The van der Waals surface area contributed by atoms with Gasteiger partial charge in [0.25, 0.3) is 0 Å². The molecule has 0 amide bonds. The van der Waals surface area contributed by atoms with Crippen LogP contribution in [-0.4, -0.2) is 6.04 Å². The molecule has 0 fully saturated rings. The third-order valence-corrected chi connectivity index (χ3v) is 2.55. The van der Waals surface area contributed by atoms with Crippen LogP contribution >= 0.6 is 0 Å². The predicted molar refractivity (Wildman–Crippen MR) is 61.3 cm³/mol. The zero-order valence-electron chi connectivity index (χ0n) is 8.24. The number of nitrogen functional groups attached to an aromatic ring is 1. The van der Waals surface area contributed by atoms with Gasteiger partial charge in [0.2, 0.25) is 0 Å². The van der Waals surface area contributed by atoms with Gasteiger partial charge in [-0.1, -0.05) is 12.2 Å². The highest BCUT2D eigenvalue weighted by atomic mass is 14.9. The van der Waals surface area contributed by atoms with Crippen LogP contribution in [0.3, 0.4) is 0 Å². The number of nitrogens with one attached hydrogen (secondary N) is 1. The minimum atomic E-state index is 0.587. The van der Waals surface area contributed by atoms with Gasteiger partial charge in [0.05, 0.1) is 0 Å². The number of hydrogen-bond donors (Lipinski definition) is 2. The molecule has 1 aliphatic carbocycles. The average Bonchev–Trinajstić information content (AvgIpc) is 2.23. The van der Waals surface area contributed by atoms with Gasteiger partial charge in [0.1, 0.15) is 0 Å². The number of allylic oxidation sites excluding steroid dienone is 1. The molecule has 0 bridgehead atoms. The molecule has 0 radical (unpaired) electrons. The van der Waals surface area contributed by atoms with E-state index in [0.29, 0.717) is 6.04 Å². The molecule has 2 rings (SSSR count). The first-order valence-corrected chi connectivity index (χ1v) is 5.12. The molecule has 0 saturated carbocycles. The maximum Gasteiger partial charge on any atom is 0.0343 e. The molecular weight excluding hydrogens is 172 g/mol. The van der Waals surface area contributed by atoms with Gasteiger partial charge in [-0.15, -0.1) is 0 Å². The van der Waals surface area contributed by atoms with Crippen molar-refractivity contribution in [2.45, 2.75) is 25.3 Å². The summed E-state index contributed by atoms with van der Waals surface area (Å²) in [5.41, 5.74) is 7.61. The molecule has 1 aromatic rings. The lowest BCUT2D eigenvalue weighted by Gasteiger charge is -2.20. The van der Waals surface area contributed by atoms with Crippen LogP contribution in [0.4, 0.5) is 11.4 Å². The van der Waals surface area contributed by atoms with Crippen LogP contribution in [0.2, 0.25) is 0 Å². The molecule has 0 heterocycles. The Morgan fingerprint density at radius 2 is 1.93 bits per heavy atom. The second kappa shape index (κ2) is 4.18. The molecule has 2 heteroatoms. The van der Waals surface area contributed by atoms with Crippen LogP contribution in [0.15, 0.2) is 36.4 Å². The first-order chi connectivity index (χ1) is 6.84. The van der Waals surface area contributed by atoms with Crippen molar-refractivity contribution in [2.75, 3.05) is 11.1 Å². The summed E-state index contributed by atoms with van der Waals surface area (Å²) in [6.07, 6.45) is 8.04. The van der Waals surface area contributed by atoms with Crippen molar-refractivity contribution in [1.29, 1.82) is 0 Å². The topological polar surface area (TPSA) is 38.0 Å². The fourth-order valence-corrected chi connectivity index (χ4v) is 1.74. The Kier molecular flexibility index (Phi) is 2.73. The van der Waals surface area contributed by atoms with Crippen molar-refractivity contribution in [2.24, 2.45) is 0 Å². The fraction of sp³-hybridized carbons (Fsp3) is 0.333. The summed E-state index contributed by atoms with van der Waals surface area (Å²) in [5, 5.41) is 3.50. The minimum absolute atomic E-state index is 0.587. The van der Waals surface area contributed by atoms with Crippen LogP contribution in [0.25, 0.3) is 0 Å². The first kappa shape index (κ1) is 9.13. The lowest BCUT2D eigenvalue weighted by molar-refractivity contribution is 0.645. The number of anilines is 2. The zero-order chi connectivity index (χ0) is 9.80. The molecule has 3 N–H and O–H groups in total. The molecule has 0 aliphatic heterocycles. The number of nitrogens with two attached hydrogens (primary N) is 1. The highest BCUT2D eigenvalue weighted by molar-refractivity contribution is 5.51. The SMILES string of the molecule is Nc1ccc(NC2CC=CCC2)cc1. The summed E-state index contributed by atoms with van der Waals surface area (Å²) in [7, 11) is 0. The van der Waals surface area contributed by atoms with E-state index in [1.807, 2.05) is 24.3 Å². The van der Waals surface area contributed by atoms with E-state index in [1.54, 1.807) is 0 Å². The standard InChI is InChI=1S/C12H16N2/c13-10-6-8-12(9-7-10)14-11-4-2-1-3-5-11/h1-2,6-9,11,14H,3-5,13H2. The van der Waals surface area contributed by atoms with Crippen molar-refractivity contribution in [3.05, 3.63) is 36.4 Å². The molecule has 1 unspecified atom stereocenters. The third kappa shape index (κ3) is 2.28. The van der Waals surface area contributed by atoms with Crippen molar-refractivity contribution < 1.29 is 0 Å². The van der Waals surface area contributed by atoms with Gasteiger partial charge in [-0.2, -0.15) is 0 Å². The molecule has 1 atom stereocenters. The highest BCUT2D eigenvalue weighted by Crippen LogP contribution is 2.17. The Labute approximate surface area is 84.8 Å². The summed E-state index contributed by atoms with van der Waals surface area (Å²) in [5.74, 6) is 0. The Hall–Kier alpha value is -1.44. The summed E-state index contributed by atoms with van der Waals surface area (Å²) in [4.78, 5) is 0. The van der Waals surface area contributed by atoms with Crippen molar-refractivity contribution in [3.63, 3.8) is 0 Å². The zero-order valence-corrected chi connectivity index (χ0v) is 8.24. The Morgan fingerprint density at radius 1 is 1.14 bits per heavy atom. The van der Waals surface area contributed by atoms with Crippen molar-refractivity contribution in [3.8, 4) is 0 Å². The lowest BCUT2D eigenvalue weighted by Crippen LogP contribution is -2.20. The summed E-state index contributed by atoms with van der Waals surface area (Å²) in [6, 6.07) is 8.52. The fourth-order valence-electron chi connectivity index (χ4n) is 1.74. The maximum atomic E-state index is 5.62. The molecule has 1 aliphatic rings. The second-order valence-corrected chi connectivity index (χ2v) is 3.75. The highest BCUT2D eigenvalue weighted by Gasteiger charge is 2.08. The number of benzene rings is 1. The second-order valence-electron chi connectivity index (χ2n) is 3.75. The van der Waals surface area contributed by atoms with E-state index in [1.165, 1.54) is 18.5 Å². The quantitative estimate of drug-likeness (QED) is 0.553. The first-order valence-electron chi connectivity index (χ1n) is 5.12. The third-order valence-electron chi connectivity index (χ3n) is 2.55.